The highest BCUT2D eigenvalue weighted by Gasteiger charge is 2.19. The van der Waals surface area contributed by atoms with Gasteiger partial charge in [0.1, 0.15) is 11.6 Å². The Labute approximate surface area is 165 Å². The first kappa shape index (κ1) is 18.2. The molecule has 1 unspecified atom stereocenters. The highest BCUT2D eigenvalue weighted by molar-refractivity contribution is 7.80. The first-order chi connectivity index (χ1) is 13.6. The topological polar surface area (TPSA) is 97.1 Å². The lowest BCUT2D eigenvalue weighted by Crippen LogP contribution is -2.42. The van der Waals surface area contributed by atoms with Gasteiger partial charge in [-0.25, -0.2) is 14.8 Å². The first-order valence-electron chi connectivity index (χ1n) is 8.85. The molecule has 28 heavy (non-hydrogen) atoms. The van der Waals surface area contributed by atoms with Gasteiger partial charge in [-0.05, 0) is 18.2 Å². The smallest absolute Gasteiger partial charge is 0.327 e. The van der Waals surface area contributed by atoms with E-state index in [1.54, 1.807) is 0 Å². The molecule has 4 rings (SSSR count). The summed E-state index contributed by atoms with van der Waals surface area (Å²) < 4.78 is 1.96. The van der Waals surface area contributed by atoms with E-state index in [0.29, 0.717) is 12.2 Å². The van der Waals surface area contributed by atoms with Gasteiger partial charge in [-0.15, -0.1) is 0 Å². The molecule has 8 heteroatoms. The average molecular weight is 394 g/mol. The fourth-order valence-electron chi connectivity index (χ4n) is 3.27. The number of para-hydroxylation sites is 3. The van der Waals surface area contributed by atoms with E-state index >= 15 is 0 Å². The molecule has 0 aliphatic rings. The molecular weight excluding hydrogens is 376 g/mol. The molecule has 0 fully saturated rings. The monoisotopic (exact) mass is 394 g/mol. The van der Waals surface area contributed by atoms with Crippen molar-refractivity contribution in [3.8, 4) is 0 Å². The fourth-order valence-corrected chi connectivity index (χ4v) is 3.52. The van der Waals surface area contributed by atoms with Crippen LogP contribution in [0, 0.1) is 0 Å². The largest absolute Gasteiger partial charge is 0.480 e. The molecule has 7 nitrogen and oxygen atoms in total. The molecule has 2 aromatic carbocycles. The van der Waals surface area contributed by atoms with Gasteiger partial charge < -0.3 is 15.0 Å². The zero-order valence-electron chi connectivity index (χ0n) is 14.9. The predicted octanol–water partition coefficient (Wildman–Crippen LogP) is 2.63. The number of hydrogen-bond acceptors (Lipinski definition) is 5. The van der Waals surface area contributed by atoms with Crippen LogP contribution in [0.5, 0.6) is 0 Å². The summed E-state index contributed by atoms with van der Waals surface area (Å²) in [5.41, 5.74) is 4.02. The molecule has 0 bridgehead atoms. The molecule has 0 saturated heterocycles. The maximum Gasteiger partial charge on any atom is 0.327 e. The Balaban J connectivity index is 1.72. The Morgan fingerprint density at radius 3 is 2.46 bits per heavy atom. The van der Waals surface area contributed by atoms with Gasteiger partial charge in [-0.3, -0.25) is 4.79 Å². The predicted molar refractivity (Wildman–Crippen MR) is 111 cm³/mol. The number of aryl methyl sites for hydroxylation is 1. The Morgan fingerprint density at radius 1 is 1.07 bits per heavy atom. The lowest BCUT2D eigenvalue weighted by atomic mass is 10.2. The van der Waals surface area contributed by atoms with Crippen LogP contribution in [0.3, 0.4) is 0 Å². The molecule has 2 heterocycles. The van der Waals surface area contributed by atoms with E-state index in [9.17, 15) is 9.59 Å². The quantitative estimate of drug-likeness (QED) is 0.437. The second kappa shape index (κ2) is 7.47. The molecule has 1 amide bonds. The minimum Gasteiger partial charge on any atom is -0.480 e. The number of carboxylic acid groups (broad SMARTS) is 1. The second-order valence-corrected chi connectivity index (χ2v) is 6.81. The minimum absolute atomic E-state index is 0.0356. The first-order valence-corrected chi connectivity index (χ1v) is 9.48. The van der Waals surface area contributed by atoms with Crippen molar-refractivity contribution in [2.75, 3.05) is 5.75 Å². The number of aromatic nitrogens is 3. The van der Waals surface area contributed by atoms with Crippen LogP contribution in [0.2, 0.25) is 0 Å². The number of nitrogens with one attached hydrogen (secondary N) is 1. The van der Waals surface area contributed by atoms with Crippen LogP contribution in [0.25, 0.3) is 33.1 Å². The summed E-state index contributed by atoms with van der Waals surface area (Å²) in [4.78, 5) is 32.9. The molecular formula is C20H18N4O3S. The maximum absolute atomic E-state index is 12.2. The minimum atomic E-state index is -1.10. The number of benzene rings is 2. The van der Waals surface area contributed by atoms with Crippen molar-refractivity contribution in [2.45, 2.75) is 19.0 Å². The van der Waals surface area contributed by atoms with Gasteiger partial charge in [0.15, 0.2) is 5.65 Å². The van der Waals surface area contributed by atoms with E-state index in [1.807, 2.05) is 53.1 Å². The van der Waals surface area contributed by atoms with Crippen molar-refractivity contribution in [1.82, 2.24) is 19.9 Å². The maximum atomic E-state index is 12.2. The second-order valence-electron chi connectivity index (χ2n) is 6.44. The van der Waals surface area contributed by atoms with Gasteiger partial charge in [-0.2, -0.15) is 12.6 Å². The van der Waals surface area contributed by atoms with Gasteiger partial charge in [0.05, 0.1) is 16.6 Å². The number of carbonyl (C=O) groups is 2. The number of thiol groups is 1. The van der Waals surface area contributed by atoms with Crippen LogP contribution in [0.1, 0.15) is 6.42 Å². The molecule has 4 aromatic rings. The van der Waals surface area contributed by atoms with E-state index in [-0.39, 0.29) is 18.1 Å². The van der Waals surface area contributed by atoms with Gasteiger partial charge in [0, 0.05) is 24.1 Å². The molecule has 0 saturated carbocycles. The average Bonchev–Trinajstić information content (AvgIpc) is 3.01. The standard InChI is InChI=1S/C20H18N4O3S/c25-17(21-15(11-28)20(26)27)9-10-24-16-8-4-1-5-12(16)18-19(24)23-14-7-3-2-6-13(14)22-18/h1-8,15,28H,9-11H2,(H,21,25)(H,26,27). The van der Waals surface area contributed by atoms with Crippen molar-refractivity contribution >= 4 is 57.6 Å². The van der Waals surface area contributed by atoms with Crippen molar-refractivity contribution in [1.29, 1.82) is 0 Å². The number of hydrogen-bond donors (Lipinski definition) is 3. The third-order valence-electron chi connectivity index (χ3n) is 4.64. The summed E-state index contributed by atoms with van der Waals surface area (Å²) in [7, 11) is 0. The van der Waals surface area contributed by atoms with Crippen LogP contribution in [-0.2, 0) is 16.1 Å². The zero-order chi connectivity index (χ0) is 19.7. The van der Waals surface area contributed by atoms with E-state index < -0.39 is 12.0 Å². The molecule has 0 radical (unpaired) electrons. The third-order valence-corrected chi connectivity index (χ3v) is 5.00. The fraction of sp³-hybridized carbons (Fsp3) is 0.200. The van der Waals surface area contributed by atoms with E-state index in [0.717, 1.165) is 27.5 Å². The SMILES string of the molecule is O=C(CCn1c2ccccc2c2nc3ccccc3nc21)NC(CS)C(=O)O. The summed E-state index contributed by atoms with van der Waals surface area (Å²) in [6, 6.07) is 14.5. The molecule has 142 valence electrons. The van der Waals surface area contributed by atoms with Crippen LogP contribution < -0.4 is 5.32 Å². The number of fused-ring (bicyclic) bond motifs is 4. The molecule has 0 aliphatic carbocycles. The Kier molecular flexibility index (Phi) is 4.87. The highest BCUT2D eigenvalue weighted by atomic mass is 32.1. The number of carboxylic acids is 1. The number of nitrogens with zero attached hydrogens (tertiary/aromatic N) is 3. The van der Waals surface area contributed by atoms with E-state index in [2.05, 4.69) is 17.9 Å². The lowest BCUT2D eigenvalue weighted by Gasteiger charge is -2.12. The zero-order valence-corrected chi connectivity index (χ0v) is 15.8. The summed E-state index contributed by atoms with van der Waals surface area (Å²) >= 11 is 3.97. The normalized spacial score (nSPS) is 12.5. The van der Waals surface area contributed by atoms with E-state index in [1.165, 1.54) is 0 Å². The molecule has 2 aromatic heterocycles. The molecule has 0 spiro atoms. The van der Waals surface area contributed by atoms with Crippen LogP contribution >= 0.6 is 12.6 Å². The number of aliphatic carboxylic acids is 1. The number of carbonyl (C=O) groups excluding carboxylic acids is 1. The van der Waals surface area contributed by atoms with Gasteiger partial charge in [0.2, 0.25) is 5.91 Å². The van der Waals surface area contributed by atoms with E-state index in [4.69, 9.17) is 15.1 Å². The summed E-state index contributed by atoms with van der Waals surface area (Å²) in [5.74, 6) is -1.41. The van der Waals surface area contributed by atoms with Gasteiger partial charge in [-0.1, -0.05) is 30.3 Å². The summed E-state index contributed by atoms with van der Waals surface area (Å²) in [6.07, 6.45) is 0.125. The summed E-state index contributed by atoms with van der Waals surface area (Å²) in [6.45, 7) is 0.363. The van der Waals surface area contributed by atoms with Crippen molar-refractivity contribution < 1.29 is 14.7 Å². The Morgan fingerprint density at radius 2 is 1.75 bits per heavy atom. The molecule has 2 N–H and O–H groups in total. The molecule has 0 aliphatic heterocycles. The highest BCUT2D eigenvalue weighted by Crippen LogP contribution is 2.28. The third kappa shape index (κ3) is 3.27. The van der Waals surface area contributed by atoms with Crippen LogP contribution in [0.4, 0.5) is 0 Å². The van der Waals surface area contributed by atoms with Crippen LogP contribution in [0.15, 0.2) is 48.5 Å². The number of amides is 1. The van der Waals surface area contributed by atoms with Crippen LogP contribution in [-0.4, -0.2) is 43.3 Å². The van der Waals surface area contributed by atoms with Crippen molar-refractivity contribution in [3.63, 3.8) is 0 Å². The number of rotatable bonds is 6. The van der Waals surface area contributed by atoms with Gasteiger partial charge in [0.25, 0.3) is 0 Å². The Hall–Kier alpha value is -3.13. The molecule has 1 atom stereocenters. The lowest BCUT2D eigenvalue weighted by molar-refractivity contribution is -0.141. The van der Waals surface area contributed by atoms with Crippen molar-refractivity contribution in [3.05, 3.63) is 48.5 Å². The van der Waals surface area contributed by atoms with Gasteiger partial charge >= 0.3 is 5.97 Å². The summed E-state index contributed by atoms with van der Waals surface area (Å²) in [5, 5.41) is 12.5. The van der Waals surface area contributed by atoms with Crippen molar-refractivity contribution in [2.24, 2.45) is 0 Å². The Bertz CT molecular complexity index is 1200.